The minimum absolute atomic E-state index is 0.146. The van der Waals surface area contributed by atoms with Crippen molar-refractivity contribution in [1.82, 2.24) is 9.78 Å². The van der Waals surface area contributed by atoms with Crippen molar-refractivity contribution in [1.29, 1.82) is 0 Å². The third kappa shape index (κ3) is 3.47. The summed E-state index contributed by atoms with van der Waals surface area (Å²) in [5.41, 5.74) is 1.68. The zero-order valence-corrected chi connectivity index (χ0v) is 18.9. The topological polar surface area (TPSA) is 68.3 Å². The number of carbonyl (C=O) groups excluding carboxylic acids is 1. The molecule has 1 N–H and O–H groups in total. The van der Waals surface area contributed by atoms with Crippen LogP contribution >= 0.6 is 15.9 Å². The van der Waals surface area contributed by atoms with Gasteiger partial charge in [-0.25, -0.2) is 9.53 Å². The second-order valence-electron chi connectivity index (χ2n) is 9.12. The second kappa shape index (κ2) is 7.66. The maximum Gasteiger partial charge on any atom is 0.283 e. The van der Waals surface area contributed by atoms with Crippen molar-refractivity contribution in [3.8, 4) is 0 Å². The number of aromatic nitrogens is 2. The highest BCUT2D eigenvalue weighted by atomic mass is 79.9. The SMILES string of the molecule is [C-]#[N+]c1ccc(C(=O)Cn2ncc(N[C@@H]3C[C@@H]4C[C@H]([C@H]3C)C4(C)C)c(Br)c2=O)cc1. The quantitative estimate of drug-likeness (QED) is 0.499. The molecule has 6 nitrogen and oxygen atoms in total. The zero-order chi connectivity index (χ0) is 21.6. The Bertz CT molecular complexity index is 1080. The van der Waals surface area contributed by atoms with Crippen molar-refractivity contribution in [3.63, 3.8) is 0 Å². The molecule has 5 rings (SSSR count). The molecule has 3 aliphatic carbocycles. The molecular formula is C23H25BrN4O2. The molecular weight excluding hydrogens is 444 g/mol. The first-order valence-electron chi connectivity index (χ1n) is 10.2. The van der Waals surface area contributed by atoms with Crippen LogP contribution in [0.4, 0.5) is 11.4 Å². The number of ketones is 1. The fraction of sp³-hybridized carbons (Fsp3) is 0.478. The van der Waals surface area contributed by atoms with Crippen LogP contribution in [0.3, 0.4) is 0 Å². The lowest BCUT2D eigenvalue weighted by atomic mass is 9.45. The summed E-state index contributed by atoms with van der Waals surface area (Å²) in [5, 5.41) is 7.76. The summed E-state index contributed by atoms with van der Waals surface area (Å²) in [4.78, 5) is 28.6. The number of halogens is 1. The van der Waals surface area contributed by atoms with Gasteiger partial charge in [-0.15, -0.1) is 0 Å². The van der Waals surface area contributed by atoms with Crippen LogP contribution in [0.15, 0.2) is 39.7 Å². The number of fused-ring (bicyclic) bond motifs is 2. The fourth-order valence-electron chi connectivity index (χ4n) is 5.17. The molecule has 0 spiro atoms. The van der Waals surface area contributed by atoms with Crippen molar-refractivity contribution < 1.29 is 4.79 Å². The van der Waals surface area contributed by atoms with E-state index in [0.717, 1.165) is 12.3 Å². The monoisotopic (exact) mass is 468 g/mol. The van der Waals surface area contributed by atoms with E-state index in [1.165, 1.54) is 11.1 Å². The van der Waals surface area contributed by atoms with E-state index in [-0.39, 0.29) is 17.9 Å². The van der Waals surface area contributed by atoms with Crippen molar-refractivity contribution in [2.24, 2.45) is 23.2 Å². The summed E-state index contributed by atoms with van der Waals surface area (Å²) in [6.45, 7) is 13.9. The van der Waals surface area contributed by atoms with Crippen LogP contribution in [0.2, 0.25) is 0 Å². The van der Waals surface area contributed by atoms with Gasteiger partial charge >= 0.3 is 0 Å². The molecule has 1 aromatic heterocycles. The molecule has 1 aromatic carbocycles. The highest BCUT2D eigenvalue weighted by Gasteiger charge is 2.56. The summed E-state index contributed by atoms with van der Waals surface area (Å²) in [5.74, 6) is 1.72. The Morgan fingerprint density at radius 1 is 1.33 bits per heavy atom. The van der Waals surface area contributed by atoms with Crippen LogP contribution in [-0.2, 0) is 6.54 Å². The first-order chi connectivity index (χ1) is 14.2. The third-order valence-electron chi connectivity index (χ3n) is 7.29. The van der Waals surface area contributed by atoms with E-state index in [4.69, 9.17) is 6.57 Å². The Balaban J connectivity index is 1.48. The smallest absolute Gasteiger partial charge is 0.283 e. The summed E-state index contributed by atoms with van der Waals surface area (Å²) in [6, 6.07) is 6.71. The Hall–Kier alpha value is -2.46. The number of nitrogens with one attached hydrogen (secondary N) is 1. The van der Waals surface area contributed by atoms with E-state index in [0.29, 0.717) is 44.7 Å². The normalized spacial score (nSPS) is 26.4. The number of Topliss-reactive ketones (excluding diaryl/α,β-unsaturated/α-hetero) is 1. The van der Waals surface area contributed by atoms with Gasteiger partial charge in [0.2, 0.25) is 0 Å². The summed E-state index contributed by atoms with van der Waals surface area (Å²) < 4.78 is 1.57. The van der Waals surface area contributed by atoms with Crippen molar-refractivity contribution in [3.05, 3.63) is 62.3 Å². The van der Waals surface area contributed by atoms with Gasteiger partial charge in [0.1, 0.15) is 11.0 Å². The number of benzene rings is 1. The van der Waals surface area contributed by atoms with Gasteiger partial charge < -0.3 is 5.32 Å². The largest absolute Gasteiger partial charge is 0.380 e. The number of nitrogens with zero attached hydrogens (tertiary/aromatic N) is 3. The second-order valence-corrected chi connectivity index (χ2v) is 9.92. The van der Waals surface area contributed by atoms with Gasteiger partial charge in [-0.1, -0.05) is 45.0 Å². The van der Waals surface area contributed by atoms with E-state index < -0.39 is 0 Å². The van der Waals surface area contributed by atoms with Gasteiger partial charge in [-0.2, -0.15) is 5.10 Å². The van der Waals surface area contributed by atoms with Crippen molar-refractivity contribution in [2.75, 3.05) is 5.32 Å². The van der Waals surface area contributed by atoms with Crippen LogP contribution in [0.25, 0.3) is 4.85 Å². The predicted octanol–water partition coefficient (Wildman–Crippen LogP) is 4.92. The molecule has 7 heteroatoms. The average molecular weight is 469 g/mol. The minimum Gasteiger partial charge on any atom is -0.380 e. The van der Waals surface area contributed by atoms with Gasteiger partial charge in [0, 0.05) is 11.6 Å². The van der Waals surface area contributed by atoms with Crippen LogP contribution < -0.4 is 10.9 Å². The van der Waals surface area contributed by atoms with E-state index in [9.17, 15) is 9.59 Å². The Labute approximate surface area is 184 Å². The molecule has 2 aromatic rings. The molecule has 0 amide bonds. The molecule has 4 atom stereocenters. The summed E-state index contributed by atoms with van der Waals surface area (Å²) >= 11 is 3.41. The number of hydrogen-bond donors (Lipinski definition) is 1. The predicted molar refractivity (Wildman–Crippen MR) is 120 cm³/mol. The molecule has 0 aliphatic heterocycles. The number of hydrogen-bond acceptors (Lipinski definition) is 4. The van der Waals surface area contributed by atoms with Gasteiger partial charge in [-0.3, -0.25) is 9.59 Å². The van der Waals surface area contributed by atoms with Gasteiger partial charge in [0.25, 0.3) is 5.56 Å². The Morgan fingerprint density at radius 3 is 2.63 bits per heavy atom. The lowest BCUT2D eigenvalue weighted by molar-refractivity contribution is -0.105. The molecule has 0 saturated heterocycles. The highest BCUT2D eigenvalue weighted by Crippen LogP contribution is 2.61. The number of anilines is 1. The van der Waals surface area contributed by atoms with Gasteiger partial charge in [0.15, 0.2) is 11.5 Å². The van der Waals surface area contributed by atoms with Gasteiger partial charge in [-0.05, 0) is 51.9 Å². The first kappa shape index (κ1) is 20.8. The number of rotatable bonds is 5. The molecule has 156 valence electrons. The molecule has 0 unspecified atom stereocenters. The molecule has 1 heterocycles. The van der Waals surface area contributed by atoms with E-state index in [1.807, 2.05) is 0 Å². The molecule has 3 saturated carbocycles. The maximum atomic E-state index is 12.8. The number of carbonyl (C=O) groups is 1. The van der Waals surface area contributed by atoms with Crippen molar-refractivity contribution >= 4 is 33.1 Å². The average Bonchev–Trinajstić information content (AvgIpc) is 2.74. The molecule has 3 fully saturated rings. The Kier molecular flexibility index (Phi) is 5.31. The maximum absolute atomic E-state index is 12.8. The van der Waals surface area contributed by atoms with E-state index >= 15 is 0 Å². The van der Waals surface area contributed by atoms with Crippen molar-refractivity contribution in [2.45, 2.75) is 46.2 Å². The Morgan fingerprint density at radius 2 is 2.03 bits per heavy atom. The van der Waals surface area contributed by atoms with Crippen LogP contribution in [0.5, 0.6) is 0 Å². The van der Waals surface area contributed by atoms with Gasteiger partial charge in [0.05, 0.1) is 18.5 Å². The van der Waals surface area contributed by atoms with E-state index in [2.05, 4.69) is 52.0 Å². The lowest BCUT2D eigenvalue weighted by Crippen LogP contribution is -2.58. The standard InChI is InChI=1S/C23H25BrN4O2/c1-13-17-9-15(23(17,2)3)10-18(13)27-19-11-26-28(22(30)21(19)24)12-20(29)14-5-7-16(25-4)8-6-14/h5-8,11,13,15,17-18,27H,9-10,12H2,1-3H3/t13-,15+,17-,18-/m1/s1. The van der Waals surface area contributed by atoms with E-state index in [1.54, 1.807) is 30.5 Å². The van der Waals surface area contributed by atoms with Crippen LogP contribution in [-0.4, -0.2) is 21.6 Å². The third-order valence-corrected chi connectivity index (χ3v) is 8.06. The summed E-state index contributed by atoms with van der Waals surface area (Å²) in [7, 11) is 0. The summed E-state index contributed by atoms with van der Waals surface area (Å²) in [6.07, 6.45) is 4.02. The molecule has 3 aliphatic rings. The zero-order valence-electron chi connectivity index (χ0n) is 17.4. The molecule has 2 bridgehead atoms. The fourth-order valence-corrected chi connectivity index (χ4v) is 5.59. The molecule has 30 heavy (non-hydrogen) atoms. The molecule has 0 radical (unpaired) electrons. The van der Waals surface area contributed by atoms with Crippen LogP contribution in [0.1, 0.15) is 44.0 Å². The highest BCUT2D eigenvalue weighted by molar-refractivity contribution is 9.10. The van der Waals surface area contributed by atoms with Crippen LogP contribution in [0, 0.1) is 29.7 Å². The first-order valence-corrected chi connectivity index (χ1v) is 11.0. The lowest BCUT2D eigenvalue weighted by Gasteiger charge is -2.62. The minimum atomic E-state index is -0.333.